The van der Waals surface area contributed by atoms with Crippen LogP contribution >= 0.6 is 0 Å². The molecule has 1 aliphatic heterocycles. The Labute approximate surface area is 108 Å². The Balaban J connectivity index is 0.000000224. The molecule has 0 aliphatic carbocycles. The van der Waals surface area contributed by atoms with Gasteiger partial charge in [-0.25, -0.2) is 4.79 Å². The molecule has 19 heavy (non-hydrogen) atoms. The minimum Gasteiger partial charge on any atom is -0.489 e. The van der Waals surface area contributed by atoms with Gasteiger partial charge in [0.05, 0.1) is 0 Å². The third-order valence-corrected chi connectivity index (χ3v) is 2.30. The van der Waals surface area contributed by atoms with Crippen molar-refractivity contribution in [2.24, 2.45) is 0 Å². The zero-order valence-corrected chi connectivity index (χ0v) is 9.98. The van der Waals surface area contributed by atoms with Crippen LogP contribution in [0.3, 0.4) is 0 Å². The van der Waals surface area contributed by atoms with Gasteiger partial charge in [0.25, 0.3) is 0 Å². The van der Waals surface area contributed by atoms with Gasteiger partial charge in [0.15, 0.2) is 0 Å². The van der Waals surface area contributed by atoms with Gasteiger partial charge >= 0.3 is 12.1 Å². The van der Waals surface area contributed by atoms with Crippen LogP contribution in [-0.2, 0) is 4.79 Å². The van der Waals surface area contributed by atoms with Gasteiger partial charge in [-0.1, -0.05) is 18.2 Å². The van der Waals surface area contributed by atoms with Crippen LogP contribution in [0.4, 0.5) is 13.2 Å². The smallest absolute Gasteiger partial charge is 0.489 e. The molecule has 0 unspecified atom stereocenters. The Morgan fingerprint density at radius 3 is 2.32 bits per heavy atom. The highest BCUT2D eigenvalue weighted by Gasteiger charge is 2.38. The summed E-state index contributed by atoms with van der Waals surface area (Å²) in [5.41, 5.74) is 0. The first kappa shape index (κ1) is 15.3. The van der Waals surface area contributed by atoms with E-state index in [1.807, 2.05) is 30.3 Å². The Hall–Kier alpha value is -1.76. The Kier molecular flexibility index (Phi) is 5.62. The first-order valence-corrected chi connectivity index (χ1v) is 5.62. The number of alkyl halides is 3. The van der Waals surface area contributed by atoms with E-state index >= 15 is 0 Å². The van der Waals surface area contributed by atoms with Crippen LogP contribution in [0.15, 0.2) is 30.3 Å². The molecule has 1 saturated heterocycles. The van der Waals surface area contributed by atoms with Crippen molar-refractivity contribution in [3.63, 3.8) is 0 Å². The minimum absolute atomic E-state index is 0.368. The highest BCUT2D eigenvalue weighted by atomic mass is 19.4. The van der Waals surface area contributed by atoms with Crippen molar-refractivity contribution in [1.29, 1.82) is 0 Å². The van der Waals surface area contributed by atoms with E-state index in [2.05, 4.69) is 5.32 Å². The number of halogens is 3. The molecular formula is C12H14F3NO3. The average Bonchev–Trinajstić information content (AvgIpc) is 2.83. The van der Waals surface area contributed by atoms with Crippen molar-refractivity contribution in [3.05, 3.63) is 30.3 Å². The Bertz CT molecular complexity index is 389. The van der Waals surface area contributed by atoms with Crippen LogP contribution in [0.1, 0.15) is 6.42 Å². The zero-order valence-electron chi connectivity index (χ0n) is 9.98. The van der Waals surface area contributed by atoms with Gasteiger partial charge in [0.1, 0.15) is 11.9 Å². The molecule has 1 aromatic carbocycles. The number of hydrogen-bond donors (Lipinski definition) is 2. The number of carboxylic acids is 1. The number of carbonyl (C=O) groups is 1. The number of para-hydroxylation sites is 1. The third-order valence-electron chi connectivity index (χ3n) is 2.30. The summed E-state index contributed by atoms with van der Waals surface area (Å²) in [5, 5.41) is 10.4. The van der Waals surface area contributed by atoms with Crippen LogP contribution in [0, 0.1) is 0 Å². The summed E-state index contributed by atoms with van der Waals surface area (Å²) >= 11 is 0. The maximum absolute atomic E-state index is 10.6. The van der Waals surface area contributed by atoms with Gasteiger partial charge in [-0.3, -0.25) is 0 Å². The third kappa shape index (κ3) is 6.10. The van der Waals surface area contributed by atoms with E-state index in [-0.39, 0.29) is 0 Å². The normalized spacial score (nSPS) is 18.4. The average molecular weight is 277 g/mol. The topological polar surface area (TPSA) is 58.6 Å². The maximum atomic E-state index is 10.6. The number of ether oxygens (including phenoxy) is 1. The van der Waals surface area contributed by atoms with Gasteiger partial charge in [0.2, 0.25) is 0 Å². The van der Waals surface area contributed by atoms with E-state index in [1.54, 1.807) is 0 Å². The lowest BCUT2D eigenvalue weighted by molar-refractivity contribution is -0.192. The van der Waals surface area contributed by atoms with Crippen molar-refractivity contribution >= 4 is 5.97 Å². The number of nitrogens with one attached hydrogen (secondary N) is 1. The van der Waals surface area contributed by atoms with E-state index in [9.17, 15) is 13.2 Å². The summed E-state index contributed by atoms with van der Waals surface area (Å²) in [6.07, 6.45) is -3.60. The lowest BCUT2D eigenvalue weighted by Crippen LogP contribution is -2.21. The summed E-state index contributed by atoms with van der Waals surface area (Å²) in [5.74, 6) is -1.78. The molecule has 1 fully saturated rings. The second kappa shape index (κ2) is 6.98. The van der Waals surface area contributed by atoms with Gasteiger partial charge in [-0.2, -0.15) is 13.2 Å². The quantitative estimate of drug-likeness (QED) is 0.868. The van der Waals surface area contributed by atoms with Crippen LogP contribution in [0.25, 0.3) is 0 Å². The van der Waals surface area contributed by atoms with Gasteiger partial charge in [-0.15, -0.1) is 0 Å². The molecule has 1 heterocycles. The zero-order chi connectivity index (χ0) is 14.3. The summed E-state index contributed by atoms with van der Waals surface area (Å²) in [6, 6.07) is 9.99. The lowest BCUT2D eigenvalue weighted by atomic mass is 10.3. The molecular weight excluding hydrogens is 263 g/mol. The number of aliphatic carboxylic acids is 1. The van der Waals surface area contributed by atoms with Crippen LogP contribution in [0.5, 0.6) is 5.75 Å². The Morgan fingerprint density at radius 1 is 1.32 bits per heavy atom. The van der Waals surface area contributed by atoms with Crippen molar-refractivity contribution in [1.82, 2.24) is 5.32 Å². The summed E-state index contributed by atoms with van der Waals surface area (Å²) in [7, 11) is 0. The summed E-state index contributed by atoms with van der Waals surface area (Å²) in [4.78, 5) is 8.90. The molecule has 1 atom stereocenters. The predicted molar refractivity (Wildman–Crippen MR) is 62.0 cm³/mol. The molecule has 0 amide bonds. The molecule has 2 rings (SSSR count). The highest BCUT2D eigenvalue weighted by molar-refractivity contribution is 5.73. The number of carboxylic acid groups (broad SMARTS) is 1. The van der Waals surface area contributed by atoms with Crippen LogP contribution in [-0.4, -0.2) is 36.4 Å². The minimum atomic E-state index is -5.08. The highest BCUT2D eigenvalue weighted by Crippen LogP contribution is 2.14. The molecule has 0 spiro atoms. The van der Waals surface area contributed by atoms with E-state index in [0.29, 0.717) is 6.10 Å². The van der Waals surface area contributed by atoms with Crippen LogP contribution < -0.4 is 10.1 Å². The predicted octanol–water partition coefficient (Wildman–Crippen LogP) is 2.06. The largest absolute Gasteiger partial charge is 0.490 e. The SMILES string of the molecule is O=C(O)C(F)(F)F.c1ccc(O[C@@H]2CCNC2)cc1. The second-order valence-electron chi connectivity index (χ2n) is 3.85. The molecule has 0 saturated carbocycles. The molecule has 1 aromatic rings. The molecule has 2 N–H and O–H groups in total. The molecule has 0 aromatic heterocycles. The lowest BCUT2D eigenvalue weighted by Gasteiger charge is -2.11. The van der Waals surface area contributed by atoms with Gasteiger partial charge in [0, 0.05) is 6.54 Å². The molecule has 0 bridgehead atoms. The van der Waals surface area contributed by atoms with Gasteiger partial charge in [-0.05, 0) is 25.1 Å². The Morgan fingerprint density at radius 2 is 1.89 bits per heavy atom. The van der Waals surface area contributed by atoms with E-state index < -0.39 is 12.1 Å². The van der Waals surface area contributed by atoms with Gasteiger partial charge < -0.3 is 15.2 Å². The molecule has 106 valence electrons. The monoisotopic (exact) mass is 277 g/mol. The number of hydrogen-bond acceptors (Lipinski definition) is 3. The van der Waals surface area contributed by atoms with Crippen molar-refractivity contribution in [2.45, 2.75) is 18.7 Å². The summed E-state index contributed by atoms with van der Waals surface area (Å²) in [6.45, 7) is 2.06. The molecule has 0 radical (unpaired) electrons. The second-order valence-corrected chi connectivity index (χ2v) is 3.85. The van der Waals surface area contributed by atoms with Crippen molar-refractivity contribution < 1.29 is 27.8 Å². The van der Waals surface area contributed by atoms with Crippen molar-refractivity contribution in [2.75, 3.05) is 13.1 Å². The first-order chi connectivity index (χ1) is 8.89. The van der Waals surface area contributed by atoms with E-state index in [1.165, 1.54) is 0 Å². The maximum Gasteiger partial charge on any atom is 0.490 e. The number of rotatable bonds is 2. The fraction of sp³-hybridized carbons (Fsp3) is 0.417. The van der Waals surface area contributed by atoms with E-state index in [0.717, 1.165) is 25.3 Å². The molecule has 4 nitrogen and oxygen atoms in total. The summed E-state index contributed by atoms with van der Waals surface area (Å²) < 4.78 is 37.4. The van der Waals surface area contributed by atoms with Crippen molar-refractivity contribution in [3.8, 4) is 5.75 Å². The molecule has 1 aliphatic rings. The molecule has 7 heteroatoms. The standard InChI is InChI=1S/C10H13NO.C2HF3O2/c1-2-4-9(5-3-1)12-10-6-7-11-8-10;3-2(4,5)1(6)7/h1-5,10-11H,6-8H2;(H,6,7)/t10-;/m1./s1. The van der Waals surface area contributed by atoms with Crippen LogP contribution in [0.2, 0.25) is 0 Å². The fourth-order valence-electron chi connectivity index (χ4n) is 1.42. The first-order valence-electron chi connectivity index (χ1n) is 5.62. The number of benzene rings is 1. The van der Waals surface area contributed by atoms with E-state index in [4.69, 9.17) is 14.6 Å². The fourth-order valence-corrected chi connectivity index (χ4v) is 1.42.